The summed E-state index contributed by atoms with van der Waals surface area (Å²) in [5.74, 6) is -0.401. The van der Waals surface area contributed by atoms with Gasteiger partial charge in [-0.15, -0.1) is 5.10 Å². The molecule has 1 aliphatic heterocycles. The van der Waals surface area contributed by atoms with E-state index < -0.39 is 31.2 Å². The van der Waals surface area contributed by atoms with Crippen LogP contribution >= 0.6 is 0 Å². The number of fused-ring (bicyclic) bond motifs is 1. The fraction of sp³-hybridized carbons (Fsp3) is 0.618. The number of hydrogen-bond donors (Lipinski definition) is 0. The lowest BCUT2D eigenvalue weighted by Gasteiger charge is -2.37. The molecule has 4 rings (SSSR count). The van der Waals surface area contributed by atoms with Crippen molar-refractivity contribution >= 4 is 31.4 Å². The SMILES string of the molecule is CCc1c(N2CCN(C(=O)OC(C)(C)C)CC2)c(=O)n2nc(C(=O)CC[C@H](F)COCc3ccccc3)nc2n1COCC[Si](C)(C)C. The number of rotatable bonds is 15. The van der Waals surface area contributed by atoms with Gasteiger partial charge < -0.3 is 24.0 Å². The maximum atomic E-state index is 14.7. The van der Waals surface area contributed by atoms with E-state index in [1.807, 2.05) is 62.9 Å². The van der Waals surface area contributed by atoms with Crippen LogP contribution in [0.3, 0.4) is 0 Å². The number of nitrogens with zero attached hydrogens (tertiary/aromatic N) is 6. The number of alkyl halides is 1. The molecule has 0 bridgehead atoms. The Morgan fingerprint density at radius 3 is 2.35 bits per heavy atom. The lowest BCUT2D eigenvalue weighted by atomic mass is 10.1. The van der Waals surface area contributed by atoms with Crippen molar-refractivity contribution in [3.05, 3.63) is 57.8 Å². The summed E-state index contributed by atoms with van der Waals surface area (Å²) in [5, 5.41) is 4.34. The fourth-order valence-corrected chi connectivity index (χ4v) is 6.11. The summed E-state index contributed by atoms with van der Waals surface area (Å²) in [6.45, 7) is 16.6. The number of halogens is 1. The quantitative estimate of drug-likeness (QED) is 0.119. The molecule has 1 amide bonds. The first kappa shape index (κ1) is 37.2. The molecule has 2 aromatic heterocycles. The van der Waals surface area contributed by atoms with Crippen molar-refractivity contribution in [2.24, 2.45) is 0 Å². The normalized spacial score (nSPS) is 14.8. The van der Waals surface area contributed by atoms with E-state index in [1.165, 1.54) is 0 Å². The highest BCUT2D eigenvalue weighted by Crippen LogP contribution is 2.23. The maximum Gasteiger partial charge on any atom is 0.410 e. The number of benzene rings is 1. The Balaban J connectivity index is 1.54. The zero-order valence-corrected chi connectivity index (χ0v) is 30.5. The Kier molecular flexibility index (Phi) is 12.5. The molecule has 0 radical (unpaired) electrons. The largest absolute Gasteiger partial charge is 0.444 e. The molecule has 1 fully saturated rings. The lowest BCUT2D eigenvalue weighted by Crippen LogP contribution is -2.51. The molecular weight excluding hydrogens is 635 g/mol. The summed E-state index contributed by atoms with van der Waals surface area (Å²) >= 11 is 0. The fourth-order valence-electron chi connectivity index (χ4n) is 5.35. The molecule has 3 heterocycles. The molecule has 0 saturated carbocycles. The molecule has 264 valence electrons. The summed E-state index contributed by atoms with van der Waals surface area (Å²) in [7, 11) is -1.36. The predicted molar refractivity (Wildman–Crippen MR) is 185 cm³/mol. The van der Waals surface area contributed by atoms with Crippen LogP contribution in [0.15, 0.2) is 35.1 Å². The van der Waals surface area contributed by atoms with E-state index in [4.69, 9.17) is 14.2 Å². The molecule has 1 atom stereocenters. The van der Waals surface area contributed by atoms with Gasteiger partial charge in [0.15, 0.2) is 0 Å². The van der Waals surface area contributed by atoms with Gasteiger partial charge in [0.25, 0.3) is 5.56 Å². The van der Waals surface area contributed by atoms with Gasteiger partial charge in [-0.2, -0.15) is 9.50 Å². The first-order valence-corrected chi connectivity index (χ1v) is 20.5. The van der Waals surface area contributed by atoms with E-state index in [9.17, 15) is 18.8 Å². The highest BCUT2D eigenvalue weighted by Gasteiger charge is 2.30. The highest BCUT2D eigenvalue weighted by molar-refractivity contribution is 6.76. The molecule has 1 saturated heterocycles. The Morgan fingerprint density at radius 2 is 1.73 bits per heavy atom. The zero-order chi connectivity index (χ0) is 35.1. The molecule has 3 aromatic rings. The Morgan fingerprint density at radius 1 is 1.04 bits per heavy atom. The monoisotopic (exact) mass is 686 g/mol. The number of aromatic nitrogens is 4. The van der Waals surface area contributed by atoms with Crippen LogP contribution in [0.2, 0.25) is 25.7 Å². The van der Waals surface area contributed by atoms with Crippen LogP contribution in [-0.2, 0) is 34.0 Å². The smallest absolute Gasteiger partial charge is 0.410 e. The van der Waals surface area contributed by atoms with Crippen molar-refractivity contribution in [2.45, 2.75) is 97.8 Å². The molecule has 0 N–H and O–H groups in total. The van der Waals surface area contributed by atoms with Crippen molar-refractivity contribution in [3.8, 4) is 0 Å². The van der Waals surface area contributed by atoms with E-state index in [0.717, 1.165) is 16.1 Å². The Labute approximate surface area is 283 Å². The standard InChI is InChI=1S/C34H51FN6O6Si/c1-8-27-29(38-16-18-39(19-17-38)33(44)47-34(2,3)4)31(43)41-32(40(27)24-45-20-21-48(5,6)7)36-30(37-41)28(42)15-14-26(35)23-46-22-25-12-10-9-11-13-25/h9-13,26H,8,14-24H2,1-7H3/t26-/m0/s1. The minimum absolute atomic E-state index is 0.0550. The van der Waals surface area contributed by atoms with Gasteiger partial charge in [-0.05, 0) is 45.2 Å². The molecule has 48 heavy (non-hydrogen) atoms. The Hall–Kier alpha value is -3.62. The van der Waals surface area contributed by atoms with Crippen LogP contribution in [0.4, 0.5) is 14.9 Å². The van der Waals surface area contributed by atoms with E-state index in [0.29, 0.717) is 50.6 Å². The minimum atomic E-state index is -1.36. The van der Waals surface area contributed by atoms with Gasteiger partial charge in [0.1, 0.15) is 24.2 Å². The molecule has 0 aliphatic carbocycles. The third-order valence-corrected chi connectivity index (χ3v) is 9.67. The van der Waals surface area contributed by atoms with E-state index in [2.05, 4.69) is 29.7 Å². The average Bonchev–Trinajstić information content (AvgIpc) is 3.48. The average molecular weight is 687 g/mol. The Bertz CT molecular complexity index is 1590. The number of ketones is 1. The van der Waals surface area contributed by atoms with Gasteiger partial charge in [0.05, 0.1) is 18.9 Å². The van der Waals surface area contributed by atoms with Crippen LogP contribution in [0.25, 0.3) is 5.78 Å². The van der Waals surface area contributed by atoms with Crippen LogP contribution in [-0.4, -0.2) is 95.2 Å². The minimum Gasteiger partial charge on any atom is -0.444 e. The molecule has 14 heteroatoms. The summed E-state index contributed by atoms with van der Waals surface area (Å²) in [5.41, 5.74) is 1.07. The van der Waals surface area contributed by atoms with Crippen LogP contribution in [0.5, 0.6) is 0 Å². The number of ether oxygens (including phenoxy) is 3. The van der Waals surface area contributed by atoms with Gasteiger partial charge in [0, 0.05) is 47.3 Å². The second kappa shape index (κ2) is 16.2. The molecular formula is C34H51FN6O6Si. The van der Waals surface area contributed by atoms with Crippen LogP contribution in [0, 0.1) is 0 Å². The third kappa shape index (κ3) is 10.2. The van der Waals surface area contributed by atoms with Crippen molar-refractivity contribution in [2.75, 3.05) is 44.3 Å². The number of amides is 1. The number of Topliss-reactive ketones (excluding diaryl/α,β-unsaturated/α-hetero) is 1. The van der Waals surface area contributed by atoms with Crippen molar-refractivity contribution in [1.82, 2.24) is 24.1 Å². The van der Waals surface area contributed by atoms with E-state index >= 15 is 0 Å². The molecule has 1 aliphatic rings. The molecule has 0 spiro atoms. The number of carbonyl (C=O) groups excluding carboxylic acids is 2. The number of hydrogen-bond acceptors (Lipinski definition) is 9. The van der Waals surface area contributed by atoms with Gasteiger partial charge >= 0.3 is 6.09 Å². The first-order chi connectivity index (χ1) is 22.7. The van der Waals surface area contributed by atoms with Crippen LogP contribution < -0.4 is 10.5 Å². The first-order valence-electron chi connectivity index (χ1n) is 16.8. The van der Waals surface area contributed by atoms with Gasteiger partial charge in [-0.1, -0.05) is 56.9 Å². The molecule has 12 nitrogen and oxygen atoms in total. The summed E-state index contributed by atoms with van der Waals surface area (Å²) in [6, 6.07) is 10.4. The van der Waals surface area contributed by atoms with E-state index in [1.54, 1.807) is 9.47 Å². The zero-order valence-electron chi connectivity index (χ0n) is 29.5. The number of anilines is 1. The predicted octanol–water partition coefficient (Wildman–Crippen LogP) is 5.34. The molecule has 1 aromatic carbocycles. The summed E-state index contributed by atoms with van der Waals surface area (Å²) in [6.07, 6.45) is -1.42. The van der Waals surface area contributed by atoms with Gasteiger partial charge in [0.2, 0.25) is 17.4 Å². The van der Waals surface area contributed by atoms with Crippen molar-refractivity contribution in [3.63, 3.8) is 0 Å². The topological polar surface area (TPSA) is 121 Å². The molecule has 0 unspecified atom stereocenters. The lowest BCUT2D eigenvalue weighted by molar-refractivity contribution is 0.0240. The number of piperazine rings is 1. The van der Waals surface area contributed by atoms with Gasteiger partial charge in [-0.25, -0.2) is 9.18 Å². The number of carbonyl (C=O) groups is 2. The highest BCUT2D eigenvalue weighted by atomic mass is 28.3. The van der Waals surface area contributed by atoms with Gasteiger partial charge in [-0.3, -0.25) is 14.2 Å². The third-order valence-electron chi connectivity index (χ3n) is 7.97. The maximum absolute atomic E-state index is 14.7. The second-order valence-corrected chi connectivity index (χ2v) is 20.0. The van der Waals surface area contributed by atoms with Crippen molar-refractivity contribution in [1.29, 1.82) is 0 Å². The second-order valence-electron chi connectivity index (χ2n) is 14.4. The van der Waals surface area contributed by atoms with Crippen molar-refractivity contribution < 1.29 is 28.2 Å². The van der Waals surface area contributed by atoms with E-state index in [-0.39, 0.29) is 50.5 Å². The van der Waals surface area contributed by atoms with Crippen LogP contribution in [0.1, 0.15) is 62.4 Å². The summed E-state index contributed by atoms with van der Waals surface area (Å²) in [4.78, 5) is 48.0. The summed E-state index contributed by atoms with van der Waals surface area (Å²) < 4.78 is 34.8.